The lowest BCUT2D eigenvalue weighted by molar-refractivity contribution is -0.146. The summed E-state index contributed by atoms with van der Waals surface area (Å²) in [6.45, 7) is 5.63. The molecule has 0 unspecified atom stereocenters. The second-order valence-electron chi connectivity index (χ2n) is 4.67. The van der Waals surface area contributed by atoms with Crippen molar-refractivity contribution in [3.05, 3.63) is 41.9 Å². The molecule has 0 spiro atoms. The van der Waals surface area contributed by atoms with Gasteiger partial charge in [0.1, 0.15) is 11.5 Å². The Morgan fingerprint density at radius 2 is 1.91 bits per heavy atom. The van der Waals surface area contributed by atoms with Crippen molar-refractivity contribution in [2.24, 2.45) is 0 Å². The first-order valence-electron chi connectivity index (χ1n) is 7.32. The molecule has 7 heteroatoms. The molecule has 0 aliphatic rings. The average molecular weight is 317 g/mol. The Hall–Kier alpha value is -2.83. The van der Waals surface area contributed by atoms with E-state index in [1.54, 1.807) is 20.0 Å². The van der Waals surface area contributed by atoms with E-state index in [0.29, 0.717) is 5.82 Å². The van der Waals surface area contributed by atoms with Crippen molar-refractivity contribution < 1.29 is 19.1 Å². The molecule has 0 aliphatic heterocycles. The summed E-state index contributed by atoms with van der Waals surface area (Å²) in [5, 5.41) is 2.91. The predicted octanol–water partition coefficient (Wildman–Crippen LogP) is 2.06. The lowest BCUT2D eigenvalue weighted by Crippen LogP contribution is -2.19. The fourth-order valence-electron chi connectivity index (χ4n) is 2.02. The van der Waals surface area contributed by atoms with Crippen LogP contribution in [0.3, 0.4) is 0 Å². The van der Waals surface area contributed by atoms with E-state index in [2.05, 4.69) is 10.3 Å². The molecular formula is C16H19N3O4. The summed E-state index contributed by atoms with van der Waals surface area (Å²) in [5.41, 5.74) is 1.61. The van der Waals surface area contributed by atoms with Crippen molar-refractivity contribution in [1.82, 2.24) is 9.38 Å². The van der Waals surface area contributed by atoms with Gasteiger partial charge in [-0.15, -0.1) is 0 Å². The van der Waals surface area contributed by atoms with Crippen LogP contribution in [-0.4, -0.2) is 34.5 Å². The third kappa shape index (κ3) is 3.68. The SMILES string of the molecule is CCOC(=O)C(=CNc1cnc2c(C)cccn12)C(=O)OCC. The summed E-state index contributed by atoms with van der Waals surface area (Å²) in [6.07, 6.45) is 4.73. The number of aromatic nitrogens is 2. The van der Waals surface area contributed by atoms with Crippen molar-refractivity contribution in [2.45, 2.75) is 20.8 Å². The van der Waals surface area contributed by atoms with Crippen LogP contribution < -0.4 is 5.32 Å². The van der Waals surface area contributed by atoms with E-state index >= 15 is 0 Å². The van der Waals surface area contributed by atoms with Crippen LogP contribution in [-0.2, 0) is 19.1 Å². The van der Waals surface area contributed by atoms with Gasteiger partial charge in [-0.1, -0.05) is 6.07 Å². The van der Waals surface area contributed by atoms with Crippen molar-refractivity contribution in [1.29, 1.82) is 0 Å². The Bertz CT molecular complexity index is 729. The molecule has 7 nitrogen and oxygen atoms in total. The van der Waals surface area contributed by atoms with Crippen molar-refractivity contribution >= 4 is 23.4 Å². The fraction of sp³-hybridized carbons (Fsp3) is 0.312. The van der Waals surface area contributed by atoms with Crippen molar-refractivity contribution in [3.8, 4) is 0 Å². The first-order chi connectivity index (χ1) is 11.1. The number of aryl methyl sites for hydroxylation is 1. The largest absolute Gasteiger partial charge is 0.462 e. The van der Waals surface area contributed by atoms with Crippen LogP contribution in [0.5, 0.6) is 0 Å². The number of carbonyl (C=O) groups excluding carboxylic acids is 2. The lowest BCUT2D eigenvalue weighted by Gasteiger charge is -2.07. The maximum absolute atomic E-state index is 11.9. The minimum absolute atomic E-state index is 0.171. The van der Waals surface area contributed by atoms with E-state index < -0.39 is 11.9 Å². The normalized spacial score (nSPS) is 10.2. The van der Waals surface area contributed by atoms with Crippen molar-refractivity contribution in [2.75, 3.05) is 18.5 Å². The number of ether oxygens (including phenoxy) is 2. The summed E-state index contributed by atoms with van der Waals surface area (Å²) in [5.74, 6) is -0.846. The second kappa shape index (κ2) is 7.44. The van der Waals surface area contributed by atoms with E-state index in [-0.39, 0.29) is 18.8 Å². The number of pyridine rings is 1. The number of imidazole rings is 1. The highest BCUT2D eigenvalue weighted by Crippen LogP contribution is 2.15. The molecule has 2 heterocycles. The molecule has 122 valence electrons. The minimum atomic E-state index is -0.733. The number of rotatable bonds is 6. The van der Waals surface area contributed by atoms with Gasteiger partial charge in [0.05, 0.1) is 19.4 Å². The monoisotopic (exact) mass is 317 g/mol. The highest BCUT2D eigenvalue weighted by molar-refractivity contribution is 6.14. The summed E-state index contributed by atoms with van der Waals surface area (Å²) in [4.78, 5) is 28.1. The zero-order valence-electron chi connectivity index (χ0n) is 13.3. The minimum Gasteiger partial charge on any atom is -0.462 e. The summed E-state index contributed by atoms with van der Waals surface area (Å²) in [7, 11) is 0. The van der Waals surface area contributed by atoms with E-state index in [1.807, 2.05) is 29.7 Å². The van der Waals surface area contributed by atoms with Crippen molar-refractivity contribution in [3.63, 3.8) is 0 Å². The molecule has 0 bridgehead atoms. The molecule has 0 fully saturated rings. The van der Waals surface area contributed by atoms with Gasteiger partial charge in [0.25, 0.3) is 0 Å². The maximum atomic E-state index is 11.9. The number of anilines is 1. The molecule has 23 heavy (non-hydrogen) atoms. The van der Waals surface area contributed by atoms with Crippen LogP contribution in [0.15, 0.2) is 36.3 Å². The summed E-state index contributed by atoms with van der Waals surface area (Å²) >= 11 is 0. The zero-order chi connectivity index (χ0) is 16.8. The fourth-order valence-corrected chi connectivity index (χ4v) is 2.02. The van der Waals surface area contributed by atoms with Gasteiger partial charge in [-0.2, -0.15) is 0 Å². The van der Waals surface area contributed by atoms with Crippen LogP contribution in [0.4, 0.5) is 5.82 Å². The van der Waals surface area contributed by atoms with Crippen LogP contribution >= 0.6 is 0 Å². The Kier molecular flexibility index (Phi) is 5.35. The number of fused-ring (bicyclic) bond motifs is 1. The highest BCUT2D eigenvalue weighted by Gasteiger charge is 2.21. The Morgan fingerprint density at radius 3 is 2.52 bits per heavy atom. The Morgan fingerprint density at radius 1 is 1.26 bits per heavy atom. The number of hydrogen-bond acceptors (Lipinski definition) is 6. The molecule has 0 radical (unpaired) electrons. The van der Waals surface area contributed by atoms with Gasteiger partial charge in [0, 0.05) is 12.4 Å². The lowest BCUT2D eigenvalue weighted by atomic mass is 10.3. The van der Waals surface area contributed by atoms with Gasteiger partial charge < -0.3 is 14.8 Å². The van der Waals surface area contributed by atoms with Gasteiger partial charge in [-0.3, -0.25) is 4.40 Å². The third-order valence-corrected chi connectivity index (χ3v) is 3.09. The Labute approximate surface area is 133 Å². The van der Waals surface area contributed by atoms with Crippen LogP contribution in [0.2, 0.25) is 0 Å². The molecular weight excluding hydrogens is 298 g/mol. The predicted molar refractivity (Wildman–Crippen MR) is 84.9 cm³/mol. The van der Waals surface area contributed by atoms with Crippen LogP contribution in [0.25, 0.3) is 5.65 Å². The third-order valence-electron chi connectivity index (χ3n) is 3.09. The second-order valence-corrected chi connectivity index (χ2v) is 4.67. The van der Waals surface area contributed by atoms with E-state index in [9.17, 15) is 9.59 Å². The van der Waals surface area contributed by atoms with Gasteiger partial charge in [0.2, 0.25) is 0 Å². The van der Waals surface area contributed by atoms with Gasteiger partial charge in [-0.05, 0) is 32.4 Å². The van der Waals surface area contributed by atoms with Crippen LogP contribution in [0, 0.1) is 6.92 Å². The molecule has 1 N–H and O–H groups in total. The number of esters is 2. The molecule has 0 aromatic carbocycles. The van der Waals surface area contributed by atoms with E-state index in [0.717, 1.165) is 11.2 Å². The van der Waals surface area contributed by atoms with E-state index in [1.165, 1.54) is 6.20 Å². The quantitative estimate of drug-likeness (QED) is 0.380. The first-order valence-corrected chi connectivity index (χ1v) is 7.32. The maximum Gasteiger partial charge on any atom is 0.347 e. The highest BCUT2D eigenvalue weighted by atomic mass is 16.6. The summed E-state index contributed by atoms with van der Waals surface area (Å²) < 4.78 is 11.6. The molecule has 0 saturated carbocycles. The molecule has 0 saturated heterocycles. The number of carbonyl (C=O) groups is 2. The standard InChI is InChI=1S/C16H19N3O4/c1-4-22-15(20)12(16(21)23-5-2)9-17-13-10-18-14-11(3)7-6-8-19(13)14/h6-10,17H,4-5H2,1-3H3. The van der Waals surface area contributed by atoms with Crippen LogP contribution in [0.1, 0.15) is 19.4 Å². The molecule has 2 aromatic rings. The Balaban J connectivity index is 2.29. The van der Waals surface area contributed by atoms with E-state index in [4.69, 9.17) is 9.47 Å². The molecule has 0 atom stereocenters. The zero-order valence-corrected chi connectivity index (χ0v) is 13.3. The van der Waals surface area contributed by atoms with Gasteiger partial charge in [0.15, 0.2) is 5.57 Å². The molecule has 0 amide bonds. The average Bonchev–Trinajstić information content (AvgIpc) is 2.93. The number of nitrogens with one attached hydrogen (secondary N) is 1. The molecule has 2 rings (SSSR count). The topological polar surface area (TPSA) is 81.9 Å². The first kappa shape index (κ1) is 16.5. The molecule has 2 aromatic heterocycles. The summed E-state index contributed by atoms with van der Waals surface area (Å²) in [6, 6.07) is 3.83. The van der Waals surface area contributed by atoms with Gasteiger partial charge in [-0.25, -0.2) is 14.6 Å². The smallest absolute Gasteiger partial charge is 0.347 e. The number of nitrogens with zero attached hydrogens (tertiary/aromatic N) is 2. The molecule has 0 aliphatic carbocycles. The van der Waals surface area contributed by atoms with Gasteiger partial charge >= 0.3 is 11.9 Å². The number of hydrogen-bond donors (Lipinski definition) is 1.